The third kappa shape index (κ3) is 3.19. The van der Waals surface area contributed by atoms with Crippen LogP contribution in [0.25, 0.3) is 10.8 Å². The molecule has 0 unspecified atom stereocenters. The summed E-state index contributed by atoms with van der Waals surface area (Å²) in [5.41, 5.74) is 1.58. The summed E-state index contributed by atoms with van der Waals surface area (Å²) >= 11 is 0. The molecule has 0 fully saturated rings. The topological polar surface area (TPSA) is 24.9 Å². The zero-order valence-corrected chi connectivity index (χ0v) is 10.8. The summed E-state index contributed by atoms with van der Waals surface area (Å²) in [5.74, 6) is 0. The van der Waals surface area contributed by atoms with Crippen molar-refractivity contribution in [3.05, 3.63) is 36.7 Å². The van der Waals surface area contributed by atoms with Crippen LogP contribution in [-0.2, 0) is 0 Å². The van der Waals surface area contributed by atoms with Crippen LogP contribution in [-0.4, -0.2) is 11.5 Å². The van der Waals surface area contributed by atoms with Crippen molar-refractivity contribution in [2.45, 2.75) is 27.2 Å². The van der Waals surface area contributed by atoms with Crippen LogP contribution in [0.15, 0.2) is 36.7 Å². The molecule has 0 saturated heterocycles. The fourth-order valence-electron chi connectivity index (χ4n) is 1.85. The molecule has 1 heterocycles. The molecule has 0 aliphatic heterocycles. The molecule has 2 heteroatoms. The largest absolute Gasteiger partial charge is 0.385 e. The third-order valence-corrected chi connectivity index (χ3v) is 2.87. The highest BCUT2D eigenvalue weighted by Crippen LogP contribution is 2.23. The lowest BCUT2D eigenvalue weighted by Gasteiger charge is -2.19. The summed E-state index contributed by atoms with van der Waals surface area (Å²) in [6, 6.07) is 8.36. The molecule has 90 valence electrons. The molecule has 1 N–H and O–H groups in total. The molecule has 0 radical (unpaired) electrons. The normalized spacial score (nSPS) is 11.7. The highest BCUT2D eigenvalue weighted by atomic mass is 14.9. The zero-order chi connectivity index (χ0) is 12.3. The first-order valence-electron chi connectivity index (χ1n) is 6.13. The molecule has 1 aromatic carbocycles. The smallest absolute Gasteiger partial charge is 0.0420 e. The van der Waals surface area contributed by atoms with Gasteiger partial charge in [0.1, 0.15) is 0 Å². The predicted molar refractivity (Wildman–Crippen MR) is 74.3 cm³/mol. The van der Waals surface area contributed by atoms with Crippen molar-refractivity contribution in [1.82, 2.24) is 4.98 Å². The fourth-order valence-corrected chi connectivity index (χ4v) is 1.85. The quantitative estimate of drug-likeness (QED) is 0.856. The van der Waals surface area contributed by atoms with E-state index in [0.717, 1.165) is 13.0 Å². The molecule has 1 aromatic heterocycles. The summed E-state index contributed by atoms with van der Waals surface area (Å²) in [5, 5.41) is 5.95. The van der Waals surface area contributed by atoms with E-state index >= 15 is 0 Å². The molecule has 2 aromatic rings. The molecule has 0 amide bonds. The molecule has 0 atom stereocenters. The van der Waals surface area contributed by atoms with E-state index in [1.807, 2.05) is 12.4 Å². The molecule has 17 heavy (non-hydrogen) atoms. The lowest BCUT2D eigenvalue weighted by molar-refractivity contribution is 0.390. The predicted octanol–water partition coefficient (Wildman–Crippen LogP) is 4.08. The van der Waals surface area contributed by atoms with Crippen molar-refractivity contribution in [3.63, 3.8) is 0 Å². The van der Waals surface area contributed by atoms with Gasteiger partial charge in [-0.3, -0.25) is 4.98 Å². The number of hydrogen-bond acceptors (Lipinski definition) is 2. The van der Waals surface area contributed by atoms with Crippen molar-refractivity contribution >= 4 is 16.5 Å². The van der Waals surface area contributed by atoms with E-state index < -0.39 is 0 Å². The van der Waals surface area contributed by atoms with Gasteiger partial charge in [0.25, 0.3) is 0 Å². The minimum Gasteiger partial charge on any atom is -0.385 e. The minimum atomic E-state index is 0.374. The standard InChI is InChI=1S/C15H20N2/c1-15(2,3)8-10-17-14-6-4-5-12-11-16-9-7-13(12)14/h4-7,9,11,17H,8,10H2,1-3H3. The maximum absolute atomic E-state index is 4.15. The Morgan fingerprint density at radius 1 is 1.18 bits per heavy atom. The number of hydrogen-bond donors (Lipinski definition) is 1. The van der Waals surface area contributed by atoms with Crippen LogP contribution in [0.2, 0.25) is 0 Å². The van der Waals surface area contributed by atoms with Gasteiger partial charge in [0, 0.05) is 35.4 Å². The lowest BCUT2D eigenvalue weighted by atomic mass is 9.92. The van der Waals surface area contributed by atoms with Gasteiger partial charge in [0.05, 0.1) is 0 Å². The maximum atomic E-state index is 4.15. The molecule has 0 saturated carbocycles. The van der Waals surface area contributed by atoms with E-state index in [9.17, 15) is 0 Å². The van der Waals surface area contributed by atoms with Crippen molar-refractivity contribution in [3.8, 4) is 0 Å². The Hall–Kier alpha value is -1.57. The Bertz CT molecular complexity index is 492. The van der Waals surface area contributed by atoms with E-state index in [2.05, 4.69) is 55.3 Å². The molecule has 0 spiro atoms. The van der Waals surface area contributed by atoms with E-state index in [-0.39, 0.29) is 0 Å². The highest BCUT2D eigenvalue weighted by molar-refractivity contribution is 5.93. The first kappa shape index (κ1) is 11.9. The van der Waals surface area contributed by atoms with Crippen LogP contribution in [0.3, 0.4) is 0 Å². The van der Waals surface area contributed by atoms with Crippen molar-refractivity contribution in [2.24, 2.45) is 5.41 Å². The number of fused-ring (bicyclic) bond motifs is 1. The van der Waals surface area contributed by atoms with E-state index in [1.54, 1.807) is 0 Å². The summed E-state index contributed by atoms with van der Waals surface area (Å²) in [6.07, 6.45) is 4.91. The minimum absolute atomic E-state index is 0.374. The zero-order valence-electron chi connectivity index (χ0n) is 10.8. The second-order valence-corrected chi connectivity index (χ2v) is 5.64. The van der Waals surface area contributed by atoms with Gasteiger partial charge in [-0.1, -0.05) is 32.9 Å². The fraction of sp³-hybridized carbons (Fsp3) is 0.400. The number of benzene rings is 1. The monoisotopic (exact) mass is 228 g/mol. The number of rotatable bonds is 3. The first-order valence-corrected chi connectivity index (χ1v) is 6.13. The second kappa shape index (κ2) is 4.74. The number of anilines is 1. The maximum Gasteiger partial charge on any atom is 0.0420 e. The summed E-state index contributed by atoms with van der Waals surface area (Å²) in [7, 11) is 0. The highest BCUT2D eigenvalue weighted by Gasteiger charge is 2.09. The molecule has 2 nitrogen and oxygen atoms in total. The second-order valence-electron chi connectivity index (χ2n) is 5.64. The van der Waals surface area contributed by atoms with Gasteiger partial charge in [0.2, 0.25) is 0 Å². The lowest BCUT2D eigenvalue weighted by Crippen LogP contribution is -2.12. The van der Waals surface area contributed by atoms with Crippen LogP contribution >= 0.6 is 0 Å². The Morgan fingerprint density at radius 2 is 2.00 bits per heavy atom. The first-order chi connectivity index (χ1) is 8.06. The van der Waals surface area contributed by atoms with Crippen LogP contribution in [0, 0.1) is 5.41 Å². The molecular weight excluding hydrogens is 208 g/mol. The number of nitrogens with one attached hydrogen (secondary N) is 1. The van der Waals surface area contributed by atoms with Gasteiger partial charge in [0.15, 0.2) is 0 Å². The summed E-state index contributed by atoms with van der Waals surface area (Å²) in [6.45, 7) is 7.80. The Balaban J connectivity index is 2.13. The van der Waals surface area contributed by atoms with Gasteiger partial charge in [-0.15, -0.1) is 0 Å². The third-order valence-electron chi connectivity index (χ3n) is 2.87. The SMILES string of the molecule is CC(C)(C)CCNc1cccc2cnccc12. The Morgan fingerprint density at radius 3 is 2.76 bits per heavy atom. The number of aromatic nitrogens is 1. The van der Waals surface area contributed by atoms with Crippen molar-refractivity contribution < 1.29 is 0 Å². The molecule has 0 bridgehead atoms. The van der Waals surface area contributed by atoms with Gasteiger partial charge in [-0.2, -0.15) is 0 Å². The average molecular weight is 228 g/mol. The molecule has 0 aliphatic rings. The van der Waals surface area contributed by atoms with E-state index in [0.29, 0.717) is 5.41 Å². The molecular formula is C15H20N2. The van der Waals surface area contributed by atoms with E-state index in [1.165, 1.54) is 16.5 Å². The molecule has 0 aliphatic carbocycles. The Kier molecular flexibility index (Phi) is 3.32. The number of pyridine rings is 1. The Labute approximate surface area is 103 Å². The van der Waals surface area contributed by atoms with Crippen LogP contribution < -0.4 is 5.32 Å². The van der Waals surface area contributed by atoms with E-state index in [4.69, 9.17) is 0 Å². The van der Waals surface area contributed by atoms with Crippen molar-refractivity contribution in [1.29, 1.82) is 0 Å². The van der Waals surface area contributed by atoms with Crippen molar-refractivity contribution in [2.75, 3.05) is 11.9 Å². The summed E-state index contributed by atoms with van der Waals surface area (Å²) < 4.78 is 0. The van der Waals surface area contributed by atoms with Gasteiger partial charge < -0.3 is 5.32 Å². The van der Waals surface area contributed by atoms with Gasteiger partial charge in [-0.25, -0.2) is 0 Å². The van der Waals surface area contributed by atoms with Gasteiger partial charge >= 0.3 is 0 Å². The van der Waals surface area contributed by atoms with Crippen LogP contribution in [0.1, 0.15) is 27.2 Å². The van der Waals surface area contributed by atoms with Gasteiger partial charge in [-0.05, 0) is 24.0 Å². The van der Waals surface area contributed by atoms with Crippen LogP contribution in [0.5, 0.6) is 0 Å². The van der Waals surface area contributed by atoms with Crippen LogP contribution in [0.4, 0.5) is 5.69 Å². The molecule has 2 rings (SSSR count). The average Bonchev–Trinajstić information content (AvgIpc) is 2.28. The summed E-state index contributed by atoms with van der Waals surface area (Å²) in [4.78, 5) is 4.15. The number of nitrogens with zero attached hydrogens (tertiary/aromatic N) is 1.